The SMILES string of the molecule is CC1(C)c2cc3c(cc2N(c2cccc(OC4=CC5c6nccn6-c6ccccc6C5C=C4)c2)c2ncccc21)c1ccccc1n3-c1ccccc1. The lowest BCUT2D eigenvalue weighted by atomic mass is 9.74. The van der Waals surface area contributed by atoms with Gasteiger partial charge in [-0.1, -0.05) is 86.7 Å². The number of fused-ring (bicyclic) bond motifs is 11. The maximum atomic E-state index is 6.70. The zero-order valence-electron chi connectivity index (χ0n) is 29.4. The summed E-state index contributed by atoms with van der Waals surface area (Å²) >= 11 is 0. The van der Waals surface area contributed by atoms with Gasteiger partial charge >= 0.3 is 0 Å². The molecule has 6 nitrogen and oxygen atoms in total. The largest absolute Gasteiger partial charge is 0.458 e. The molecule has 53 heavy (non-hydrogen) atoms. The zero-order chi connectivity index (χ0) is 35.3. The van der Waals surface area contributed by atoms with Crippen LogP contribution in [0, 0.1) is 0 Å². The van der Waals surface area contributed by atoms with Crippen molar-refractivity contribution in [2.75, 3.05) is 4.90 Å². The minimum atomic E-state index is -0.297. The molecule has 0 radical (unpaired) electrons. The van der Waals surface area contributed by atoms with E-state index in [-0.39, 0.29) is 17.3 Å². The topological polar surface area (TPSA) is 48.1 Å². The highest BCUT2D eigenvalue weighted by atomic mass is 16.5. The molecule has 0 amide bonds. The number of hydrogen-bond donors (Lipinski definition) is 0. The lowest BCUT2D eigenvalue weighted by Crippen LogP contribution is -2.31. The average molecular weight is 686 g/mol. The Labute approximate surface area is 307 Å². The maximum absolute atomic E-state index is 6.70. The molecule has 2 atom stereocenters. The summed E-state index contributed by atoms with van der Waals surface area (Å²) in [5.41, 5.74) is 10.3. The van der Waals surface area contributed by atoms with E-state index in [1.807, 2.05) is 24.5 Å². The first kappa shape index (κ1) is 30.0. The molecule has 0 fully saturated rings. The van der Waals surface area contributed by atoms with Gasteiger partial charge in [-0.2, -0.15) is 0 Å². The number of imidazole rings is 1. The lowest BCUT2D eigenvalue weighted by molar-refractivity contribution is 0.431. The maximum Gasteiger partial charge on any atom is 0.141 e. The van der Waals surface area contributed by atoms with Gasteiger partial charge in [0.25, 0.3) is 0 Å². The van der Waals surface area contributed by atoms with E-state index in [2.05, 4.69) is 168 Å². The van der Waals surface area contributed by atoms with Crippen LogP contribution in [-0.4, -0.2) is 19.1 Å². The van der Waals surface area contributed by atoms with Gasteiger partial charge < -0.3 is 13.9 Å². The Kier molecular flexibility index (Phi) is 6.32. The highest BCUT2D eigenvalue weighted by Crippen LogP contribution is 2.53. The van der Waals surface area contributed by atoms with Gasteiger partial charge in [0.1, 0.15) is 23.2 Å². The van der Waals surface area contributed by atoms with Gasteiger partial charge in [-0.15, -0.1) is 0 Å². The molecule has 8 aromatic rings. The second kappa shape index (κ2) is 11.2. The molecule has 0 saturated heterocycles. The Hall–Kier alpha value is -6.66. The van der Waals surface area contributed by atoms with Crippen LogP contribution in [0.1, 0.15) is 48.2 Å². The quantitative estimate of drug-likeness (QED) is 0.185. The summed E-state index contributed by atoms with van der Waals surface area (Å²) in [5, 5.41) is 2.42. The lowest BCUT2D eigenvalue weighted by Gasteiger charge is -2.41. The van der Waals surface area contributed by atoms with Crippen LogP contribution >= 0.6 is 0 Å². The van der Waals surface area contributed by atoms with E-state index in [0.29, 0.717) is 0 Å². The number of anilines is 3. The Morgan fingerprint density at radius 1 is 0.642 bits per heavy atom. The molecule has 2 unspecified atom stereocenters. The number of nitrogens with zero attached hydrogens (tertiary/aromatic N) is 5. The van der Waals surface area contributed by atoms with Gasteiger partial charge in [0.15, 0.2) is 0 Å². The smallest absolute Gasteiger partial charge is 0.141 e. The summed E-state index contributed by atoms with van der Waals surface area (Å²) in [6.07, 6.45) is 12.4. The second-order valence-electron chi connectivity index (χ2n) is 14.7. The van der Waals surface area contributed by atoms with Crippen LogP contribution < -0.4 is 9.64 Å². The predicted octanol–water partition coefficient (Wildman–Crippen LogP) is 11.2. The molecular weight excluding hydrogens is 651 g/mol. The molecule has 3 aromatic heterocycles. The molecule has 0 saturated carbocycles. The molecule has 1 aliphatic carbocycles. The summed E-state index contributed by atoms with van der Waals surface area (Å²) in [7, 11) is 0. The first-order valence-electron chi connectivity index (χ1n) is 18.2. The van der Waals surface area contributed by atoms with E-state index in [1.165, 1.54) is 44.2 Å². The van der Waals surface area contributed by atoms with Gasteiger partial charge in [-0.25, -0.2) is 9.97 Å². The fourth-order valence-electron chi connectivity index (χ4n) is 8.96. The number of allylic oxidation sites excluding steroid dienone is 3. The molecule has 6 heteroatoms. The third-order valence-corrected chi connectivity index (χ3v) is 11.4. The number of aromatic nitrogens is 4. The van der Waals surface area contributed by atoms with Crippen molar-refractivity contribution in [2.45, 2.75) is 31.1 Å². The van der Waals surface area contributed by atoms with Crippen LogP contribution in [0.4, 0.5) is 17.2 Å². The fraction of sp³-hybridized carbons (Fsp3) is 0.106. The number of rotatable bonds is 4. The summed E-state index contributed by atoms with van der Waals surface area (Å²) in [6, 6.07) is 45.4. The van der Waals surface area contributed by atoms with E-state index >= 15 is 0 Å². The van der Waals surface area contributed by atoms with Crippen molar-refractivity contribution >= 4 is 39.0 Å². The summed E-state index contributed by atoms with van der Waals surface area (Å²) in [6.45, 7) is 4.63. The van der Waals surface area contributed by atoms with E-state index in [0.717, 1.165) is 40.2 Å². The van der Waals surface area contributed by atoms with Crippen molar-refractivity contribution in [1.29, 1.82) is 0 Å². The molecule has 11 rings (SSSR count). The Morgan fingerprint density at radius 3 is 2.40 bits per heavy atom. The zero-order valence-corrected chi connectivity index (χ0v) is 29.4. The Morgan fingerprint density at radius 2 is 1.47 bits per heavy atom. The van der Waals surface area contributed by atoms with Crippen LogP contribution in [0.25, 0.3) is 33.2 Å². The Bertz CT molecular complexity index is 2820. The summed E-state index contributed by atoms with van der Waals surface area (Å²) in [5.74, 6) is 3.83. The van der Waals surface area contributed by atoms with Gasteiger partial charge in [-0.05, 0) is 77.9 Å². The van der Waals surface area contributed by atoms with Crippen molar-refractivity contribution in [1.82, 2.24) is 19.1 Å². The highest BCUT2D eigenvalue weighted by Gasteiger charge is 2.39. The van der Waals surface area contributed by atoms with Crippen molar-refractivity contribution in [3.05, 3.63) is 192 Å². The van der Waals surface area contributed by atoms with Gasteiger partial charge in [-0.3, -0.25) is 4.90 Å². The molecule has 0 bridgehead atoms. The van der Waals surface area contributed by atoms with Crippen molar-refractivity contribution in [2.24, 2.45) is 0 Å². The molecule has 3 aliphatic rings. The molecule has 0 N–H and O–H groups in total. The third-order valence-electron chi connectivity index (χ3n) is 11.4. The van der Waals surface area contributed by atoms with E-state index < -0.39 is 0 Å². The standard InChI is InChI=1S/C47H35N5O/c1-47(2)39-18-11-23-48-46(39)52(44-28-37-36-17-7-9-20-42(36)51(43(37)29-40(44)47)30-12-4-3-5-13-30)31-14-10-15-32(26-31)53-33-21-22-34-35-16-6-8-19-41(35)50-25-24-49-45(50)38(34)27-33/h3-29,34,38H,1-2H3. The molecule has 254 valence electrons. The monoisotopic (exact) mass is 685 g/mol. The Balaban J connectivity index is 1.04. The van der Waals surface area contributed by atoms with E-state index in [9.17, 15) is 0 Å². The third kappa shape index (κ3) is 4.39. The minimum Gasteiger partial charge on any atom is -0.458 e. The van der Waals surface area contributed by atoms with Crippen LogP contribution in [0.2, 0.25) is 0 Å². The number of ether oxygens (including phenoxy) is 1. The first-order valence-corrected chi connectivity index (χ1v) is 18.2. The van der Waals surface area contributed by atoms with Gasteiger partial charge in [0, 0.05) is 63.9 Å². The first-order chi connectivity index (χ1) is 26.0. The van der Waals surface area contributed by atoms with Gasteiger partial charge in [0.2, 0.25) is 0 Å². The van der Waals surface area contributed by atoms with Crippen molar-refractivity contribution in [3.63, 3.8) is 0 Å². The number of para-hydroxylation sites is 3. The van der Waals surface area contributed by atoms with Crippen molar-refractivity contribution < 1.29 is 4.74 Å². The number of pyridine rings is 1. The minimum absolute atomic E-state index is 0.0794. The van der Waals surface area contributed by atoms with E-state index in [4.69, 9.17) is 14.7 Å². The van der Waals surface area contributed by atoms with Crippen LogP contribution in [-0.2, 0) is 5.41 Å². The normalized spacial score (nSPS) is 17.8. The molecule has 0 spiro atoms. The summed E-state index contributed by atoms with van der Waals surface area (Å²) in [4.78, 5) is 12.1. The molecule has 2 aliphatic heterocycles. The number of hydrogen-bond acceptors (Lipinski definition) is 4. The second-order valence-corrected chi connectivity index (χ2v) is 14.7. The number of benzene rings is 5. The summed E-state index contributed by atoms with van der Waals surface area (Å²) < 4.78 is 11.3. The van der Waals surface area contributed by atoms with Crippen LogP contribution in [0.15, 0.2) is 170 Å². The van der Waals surface area contributed by atoms with Crippen LogP contribution in [0.5, 0.6) is 5.75 Å². The fourth-order valence-corrected chi connectivity index (χ4v) is 8.96. The molecule has 5 heterocycles. The van der Waals surface area contributed by atoms with Crippen molar-refractivity contribution in [3.8, 4) is 17.1 Å². The molecular formula is C47H35N5O. The van der Waals surface area contributed by atoms with Crippen LogP contribution in [0.3, 0.4) is 0 Å². The highest BCUT2D eigenvalue weighted by molar-refractivity contribution is 6.11. The predicted molar refractivity (Wildman–Crippen MR) is 212 cm³/mol. The average Bonchev–Trinajstić information content (AvgIpc) is 3.82. The van der Waals surface area contributed by atoms with E-state index in [1.54, 1.807) is 0 Å². The van der Waals surface area contributed by atoms with Gasteiger partial charge in [0.05, 0.1) is 28.1 Å². The molecule has 5 aromatic carbocycles.